The minimum absolute atomic E-state index is 0.0444. The van der Waals surface area contributed by atoms with Crippen LogP contribution in [0.25, 0.3) is 11.3 Å². The Morgan fingerprint density at radius 3 is 2.38 bits per heavy atom. The van der Waals surface area contributed by atoms with Crippen molar-refractivity contribution in [3.63, 3.8) is 0 Å². The van der Waals surface area contributed by atoms with Gasteiger partial charge in [0, 0.05) is 11.1 Å². The van der Waals surface area contributed by atoms with E-state index >= 15 is 0 Å². The summed E-state index contributed by atoms with van der Waals surface area (Å²) in [6.07, 6.45) is 0. The summed E-state index contributed by atoms with van der Waals surface area (Å²) in [4.78, 5) is 36.5. The van der Waals surface area contributed by atoms with Crippen LogP contribution in [-0.2, 0) is 0 Å². The van der Waals surface area contributed by atoms with Crippen LogP contribution in [0, 0.1) is 6.92 Å². The van der Waals surface area contributed by atoms with Crippen LogP contribution in [0.2, 0.25) is 0 Å². The number of hydrogen-bond donors (Lipinski definition) is 2. The molecule has 7 heteroatoms. The highest BCUT2D eigenvalue weighted by atomic mass is 16.2. The second-order valence-electron chi connectivity index (χ2n) is 5.19. The average Bonchev–Trinajstić information content (AvgIpc) is 2.60. The van der Waals surface area contributed by atoms with Gasteiger partial charge in [0.1, 0.15) is 0 Å². The Balaban J connectivity index is 2.01. The lowest BCUT2D eigenvalue weighted by atomic mass is 10.1. The molecule has 3 aromatic rings. The van der Waals surface area contributed by atoms with E-state index in [0.29, 0.717) is 15.8 Å². The van der Waals surface area contributed by atoms with E-state index in [9.17, 15) is 14.4 Å². The fraction of sp³-hybridized carbons (Fsp3) is 0.0588. The van der Waals surface area contributed by atoms with Crippen molar-refractivity contribution in [2.75, 3.05) is 5.43 Å². The third-order valence-corrected chi connectivity index (χ3v) is 3.45. The molecular weight excluding hydrogens is 308 g/mol. The lowest BCUT2D eigenvalue weighted by molar-refractivity contribution is 0.101. The monoisotopic (exact) mass is 322 g/mol. The van der Waals surface area contributed by atoms with Crippen molar-refractivity contribution in [3.05, 3.63) is 86.6 Å². The Hall–Kier alpha value is -3.48. The summed E-state index contributed by atoms with van der Waals surface area (Å²) in [5.41, 5.74) is 2.73. The van der Waals surface area contributed by atoms with Crippen LogP contribution in [0.3, 0.4) is 0 Å². The van der Waals surface area contributed by atoms with Gasteiger partial charge in [0.25, 0.3) is 5.91 Å². The maximum atomic E-state index is 12.5. The molecule has 3 rings (SSSR count). The number of rotatable bonds is 3. The van der Waals surface area contributed by atoms with Gasteiger partial charge in [0.2, 0.25) is 0 Å². The zero-order valence-corrected chi connectivity index (χ0v) is 12.8. The minimum atomic E-state index is -0.819. The molecule has 0 aliphatic carbocycles. The molecule has 2 aromatic carbocycles. The lowest BCUT2D eigenvalue weighted by Crippen LogP contribution is -2.45. The molecule has 2 N–H and O–H groups in total. The predicted octanol–water partition coefficient (Wildman–Crippen LogP) is 1.29. The van der Waals surface area contributed by atoms with Gasteiger partial charge in [-0.3, -0.25) is 15.0 Å². The number of H-pyrrole nitrogens is 1. The first-order chi connectivity index (χ1) is 11.6. The second-order valence-corrected chi connectivity index (χ2v) is 5.19. The predicted molar refractivity (Wildman–Crippen MR) is 89.4 cm³/mol. The van der Waals surface area contributed by atoms with Crippen molar-refractivity contribution in [2.45, 2.75) is 6.92 Å². The van der Waals surface area contributed by atoms with E-state index in [4.69, 9.17) is 0 Å². The van der Waals surface area contributed by atoms with Gasteiger partial charge in [-0.05, 0) is 19.1 Å². The molecule has 0 atom stereocenters. The first-order valence-corrected chi connectivity index (χ1v) is 7.21. The maximum Gasteiger partial charge on any atom is 0.364 e. The Morgan fingerprint density at radius 2 is 1.71 bits per heavy atom. The van der Waals surface area contributed by atoms with Crippen molar-refractivity contribution in [2.24, 2.45) is 0 Å². The van der Waals surface area contributed by atoms with Gasteiger partial charge >= 0.3 is 11.2 Å². The summed E-state index contributed by atoms with van der Waals surface area (Å²) in [6.45, 7) is 1.92. The molecule has 1 aromatic heterocycles. The summed E-state index contributed by atoms with van der Waals surface area (Å²) in [6, 6.07) is 15.4. The topological polar surface area (TPSA) is 96.8 Å². The number of benzene rings is 2. The molecule has 1 amide bonds. The molecule has 0 aliphatic rings. The molecule has 0 unspecified atom stereocenters. The molecule has 0 radical (unpaired) electrons. The number of aromatic amines is 1. The van der Waals surface area contributed by atoms with Crippen LogP contribution in [0.4, 0.5) is 0 Å². The van der Waals surface area contributed by atoms with Gasteiger partial charge in [-0.2, -0.15) is 9.77 Å². The Kier molecular flexibility index (Phi) is 4.07. The number of nitrogens with one attached hydrogen (secondary N) is 2. The highest BCUT2D eigenvalue weighted by molar-refractivity contribution is 5.99. The standard InChI is InChI=1S/C17H14N4O3/c1-11-7-9-12(10-8-11)14-16(23)21(17(24)19-18-14)20-15(22)13-5-3-2-4-6-13/h2-10H,1H3,(H,19,24)(H,20,22). The molecule has 0 bridgehead atoms. The Labute approximate surface area is 136 Å². The van der Waals surface area contributed by atoms with Crippen molar-refractivity contribution in [1.82, 2.24) is 14.9 Å². The second kappa shape index (κ2) is 6.33. The van der Waals surface area contributed by atoms with E-state index in [-0.39, 0.29) is 5.69 Å². The third kappa shape index (κ3) is 3.00. The van der Waals surface area contributed by atoms with E-state index < -0.39 is 17.2 Å². The smallest absolute Gasteiger partial charge is 0.267 e. The molecular formula is C17H14N4O3. The van der Waals surface area contributed by atoms with Crippen LogP contribution in [0.1, 0.15) is 15.9 Å². The van der Waals surface area contributed by atoms with Gasteiger partial charge in [0.15, 0.2) is 5.69 Å². The number of hydrogen-bond acceptors (Lipinski definition) is 4. The molecule has 0 aliphatic heterocycles. The molecule has 1 heterocycles. The molecule has 24 heavy (non-hydrogen) atoms. The number of amides is 1. The number of aromatic nitrogens is 3. The molecule has 0 spiro atoms. The van der Waals surface area contributed by atoms with E-state index in [0.717, 1.165) is 5.56 Å². The normalized spacial score (nSPS) is 10.4. The van der Waals surface area contributed by atoms with Crippen LogP contribution in [0.15, 0.2) is 64.2 Å². The van der Waals surface area contributed by atoms with E-state index in [1.165, 1.54) is 0 Å². The Bertz CT molecular complexity index is 989. The zero-order valence-electron chi connectivity index (χ0n) is 12.8. The number of carbonyl (C=O) groups excluding carboxylic acids is 1. The van der Waals surface area contributed by atoms with E-state index in [1.54, 1.807) is 42.5 Å². The summed E-state index contributed by atoms with van der Waals surface area (Å²) >= 11 is 0. The molecule has 120 valence electrons. The molecule has 0 saturated heterocycles. The summed E-state index contributed by atoms with van der Waals surface area (Å²) in [5, 5.41) is 6.02. The van der Waals surface area contributed by atoms with Gasteiger partial charge in [-0.15, -0.1) is 0 Å². The van der Waals surface area contributed by atoms with Gasteiger partial charge in [-0.1, -0.05) is 48.0 Å². The first-order valence-electron chi connectivity index (χ1n) is 7.21. The highest BCUT2D eigenvalue weighted by Gasteiger charge is 2.14. The summed E-state index contributed by atoms with van der Waals surface area (Å²) < 4.78 is 0.623. The molecule has 0 fully saturated rings. The first kappa shape index (κ1) is 15.4. The maximum absolute atomic E-state index is 12.5. The number of aryl methyl sites for hydroxylation is 1. The van der Waals surface area contributed by atoms with Gasteiger partial charge < -0.3 is 0 Å². The fourth-order valence-electron chi connectivity index (χ4n) is 2.16. The fourth-order valence-corrected chi connectivity index (χ4v) is 2.16. The average molecular weight is 322 g/mol. The zero-order chi connectivity index (χ0) is 17.1. The summed E-state index contributed by atoms with van der Waals surface area (Å²) in [5.74, 6) is -0.566. The SMILES string of the molecule is Cc1ccc(-c2n[nH]c(=O)n(NC(=O)c3ccccc3)c2=O)cc1. The van der Waals surface area contributed by atoms with Gasteiger partial charge in [0.05, 0.1) is 0 Å². The van der Waals surface area contributed by atoms with Crippen LogP contribution < -0.4 is 16.7 Å². The summed E-state index contributed by atoms with van der Waals surface area (Å²) in [7, 11) is 0. The number of carbonyl (C=O) groups is 1. The molecule has 0 saturated carbocycles. The van der Waals surface area contributed by atoms with Crippen LogP contribution in [-0.4, -0.2) is 20.8 Å². The van der Waals surface area contributed by atoms with Crippen molar-refractivity contribution in [3.8, 4) is 11.3 Å². The van der Waals surface area contributed by atoms with Crippen LogP contribution >= 0.6 is 0 Å². The number of nitrogens with zero attached hydrogens (tertiary/aromatic N) is 2. The van der Waals surface area contributed by atoms with Crippen molar-refractivity contribution >= 4 is 5.91 Å². The van der Waals surface area contributed by atoms with E-state index in [1.807, 2.05) is 19.1 Å². The molecule has 7 nitrogen and oxygen atoms in total. The quantitative estimate of drug-likeness (QED) is 0.759. The highest BCUT2D eigenvalue weighted by Crippen LogP contribution is 2.12. The van der Waals surface area contributed by atoms with E-state index in [2.05, 4.69) is 15.6 Å². The van der Waals surface area contributed by atoms with Crippen molar-refractivity contribution in [1.29, 1.82) is 0 Å². The Morgan fingerprint density at radius 1 is 1.04 bits per heavy atom. The largest absolute Gasteiger partial charge is 0.364 e. The van der Waals surface area contributed by atoms with Crippen molar-refractivity contribution < 1.29 is 4.79 Å². The van der Waals surface area contributed by atoms with Crippen LogP contribution in [0.5, 0.6) is 0 Å². The third-order valence-electron chi connectivity index (χ3n) is 3.45. The minimum Gasteiger partial charge on any atom is -0.267 e. The lowest BCUT2D eigenvalue weighted by Gasteiger charge is -2.08. The van der Waals surface area contributed by atoms with Gasteiger partial charge in [-0.25, -0.2) is 9.89 Å².